The number of nitrogens with zero attached hydrogens (tertiary/aromatic N) is 3. The molecule has 0 aromatic carbocycles. The Kier molecular flexibility index (Phi) is 2.69. The topological polar surface area (TPSA) is 50.7 Å². The summed E-state index contributed by atoms with van der Waals surface area (Å²) in [5, 5.41) is 11.6. The molecular formula is C9H10N4S. The van der Waals surface area contributed by atoms with Crippen molar-refractivity contribution >= 4 is 16.5 Å². The van der Waals surface area contributed by atoms with E-state index in [-0.39, 0.29) is 0 Å². The molecule has 14 heavy (non-hydrogen) atoms. The van der Waals surface area contributed by atoms with Crippen LogP contribution in [0.4, 0.5) is 5.13 Å². The van der Waals surface area contributed by atoms with Crippen LogP contribution in [-0.2, 0) is 6.54 Å². The van der Waals surface area contributed by atoms with Crippen molar-refractivity contribution < 1.29 is 0 Å². The van der Waals surface area contributed by atoms with E-state index in [1.165, 1.54) is 11.3 Å². The maximum Gasteiger partial charge on any atom is 0.205 e. The lowest BCUT2D eigenvalue weighted by Crippen LogP contribution is -2.01. The number of anilines is 1. The minimum atomic E-state index is 0.691. The first-order valence-electron chi connectivity index (χ1n) is 4.27. The maximum atomic E-state index is 4.37. The zero-order valence-corrected chi connectivity index (χ0v) is 8.58. The van der Waals surface area contributed by atoms with E-state index < -0.39 is 0 Å². The first kappa shape index (κ1) is 9.08. The van der Waals surface area contributed by atoms with Gasteiger partial charge in [0.25, 0.3) is 0 Å². The van der Waals surface area contributed by atoms with Gasteiger partial charge < -0.3 is 5.32 Å². The number of hydrogen-bond acceptors (Lipinski definition) is 5. The van der Waals surface area contributed by atoms with Crippen LogP contribution in [0.25, 0.3) is 0 Å². The van der Waals surface area contributed by atoms with Crippen molar-refractivity contribution in [3.63, 3.8) is 0 Å². The summed E-state index contributed by atoms with van der Waals surface area (Å²) in [4.78, 5) is 4.37. The molecular weight excluding hydrogens is 196 g/mol. The molecule has 72 valence electrons. The van der Waals surface area contributed by atoms with E-state index in [0.29, 0.717) is 6.54 Å². The average molecular weight is 206 g/mol. The molecule has 0 fully saturated rings. The Morgan fingerprint density at radius 1 is 1.43 bits per heavy atom. The van der Waals surface area contributed by atoms with E-state index in [2.05, 4.69) is 20.5 Å². The molecule has 0 aliphatic heterocycles. The van der Waals surface area contributed by atoms with E-state index in [4.69, 9.17) is 0 Å². The van der Waals surface area contributed by atoms with Gasteiger partial charge in [0.2, 0.25) is 5.13 Å². The highest BCUT2D eigenvalue weighted by atomic mass is 32.1. The zero-order valence-electron chi connectivity index (χ0n) is 7.77. The fourth-order valence-corrected chi connectivity index (χ4v) is 1.56. The van der Waals surface area contributed by atoms with E-state index in [9.17, 15) is 0 Å². The summed E-state index contributed by atoms with van der Waals surface area (Å²) in [7, 11) is 0. The van der Waals surface area contributed by atoms with Gasteiger partial charge in [0, 0.05) is 5.69 Å². The van der Waals surface area contributed by atoms with Gasteiger partial charge in [0.1, 0.15) is 5.51 Å². The summed E-state index contributed by atoms with van der Waals surface area (Å²) in [5.41, 5.74) is 3.74. The van der Waals surface area contributed by atoms with Crippen molar-refractivity contribution in [2.24, 2.45) is 0 Å². The number of hydrogen-bond donors (Lipinski definition) is 1. The Morgan fingerprint density at radius 2 is 2.36 bits per heavy atom. The Morgan fingerprint density at radius 3 is 3.07 bits per heavy atom. The molecule has 0 saturated heterocycles. The van der Waals surface area contributed by atoms with Crippen LogP contribution in [0.2, 0.25) is 0 Å². The summed E-state index contributed by atoms with van der Waals surface area (Å²) in [6, 6.07) is 5.97. The third-order valence-electron chi connectivity index (χ3n) is 1.73. The molecule has 0 atom stereocenters. The average Bonchev–Trinajstić information content (AvgIpc) is 2.67. The van der Waals surface area contributed by atoms with Crippen LogP contribution in [0.1, 0.15) is 11.4 Å². The van der Waals surface area contributed by atoms with Crippen LogP contribution in [0.5, 0.6) is 0 Å². The summed E-state index contributed by atoms with van der Waals surface area (Å²) in [6.45, 7) is 2.67. The fourth-order valence-electron chi connectivity index (χ4n) is 1.11. The minimum absolute atomic E-state index is 0.691. The van der Waals surface area contributed by atoms with Gasteiger partial charge in [-0.3, -0.25) is 4.98 Å². The lowest BCUT2D eigenvalue weighted by molar-refractivity contribution is 0.993. The van der Waals surface area contributed by atoms with Crippen LogP contribution >= 0.6 is 11.3 Å². The summed E-state index contributed by atoms with van der Waals surface area (Å²) >= 11 is 1.49. The second kappa shape index (κ2) is 4.15. The fraction of sp³-hybridized carbons (Fsp3) is 0.222. The van der Waals surface area contributed by atoms with Crippen molar-refractivity contribution in [1.29, 1.82) is 0 Å². The Labute approximate surface area is 86.0 Å². The first-order chi connectivity index (χ1) is 6.84. The quantitative estimate of drug-likeness (QED) is 0.832. The van der Waals surface area contributed by atoms with Crippen molar-refractivity contribution in [2.75, 3.05) is 5.32 Å². The van der Waals surface area contributed by atoms with Crippen molar-refractivity contribution in [3.05, 3.63) is 35.1 Å². The molecule has 5 heteroatoms. The monoisotopic (exact) mass is 206 g/mol. The molecule has 0 aliphatic rings. The summed E-state index contributed by atoms with van der Waals surface area (Å²) in [5.74, 6) is 0. The van der Waals surface area contributed by atoms with E-state index >= 15 is 0 Å². The van der Waals surface area contributed by atoms with E-state index in [1.54, 1.807) is 5.51 Å². The van der Waals surface area contributed by atoms with Gasteiger partial charge in [-0.05, 0) is 19.1 Å². The lowest BCUT2D eigenvalue weighted by atomic mass is 10.3. The van der Waals surface area contributed by atoms with Crippen LogP contribution < -0.4 is 5.32 Å². The molecule has 1 N–H and O–H groups in total. The molecule has 0 aliphatic carbocycles. The summed E-state index contributed by atoms with van der Waals surface area (Å²) < 4.78 is 0. The first-order valence-corrected chi connectivity index (χ1v) is 5.15. The van der Waals surface area contributed by atoms with Crippen LogP contribution in [0.3, 0.4) is 0 Å². The van der Waals surface area contributed by atoms with Crippen LogP contribution in [-0.4, -0.2) is 15.2 Å². The SMILES string of the molecule is Cc1cccc(CNc2nncs2)n1. The Hall–Kier alpha value is -1.49. The highest BCUT2D eigenvalue weighted by Gasteiger charge is 1.97. The predicted molar refractivity (Wildman–Crippen MR) is 56.2 cm³/mol. The number of pyridine rings is 1. The predicted octanol–water partition coefficient (Wildman–Crippen LogP) is 1.85. The third kappa shape index (κ3) is 2.26. The van der Waals surface area contributed by atoms with Gasteiger partial charge in [-0.2, -0.15) is 0 Å². The third-order valence-corrected chi connectivity index (χ3v) is 2.38. The van der Waals surface area contributed by atoms with Gasteiger partial charge in [-0.25, -0.2) is 0 Å². The number of aryl methyl sites for hydroxylation is 1. The Bertz CT molecular complexity index is 399. The van der Waals surface area contributed by atoms with Crippen LogP contribution in [0, 0.1) is 6.92 Å². The van der Waals surface area contributed by atoms with Crippen LogP contribution in [0.15, 0.2) is 23.7 Å². The Balaban J connectivity index is 1.98. The number of rotatable bonds is 3. The molecule has 0 spiro atoms. The van der Waals surface area contributed by atoms with Gasteiger partial charge in [-0.1, -0.05) is 17.4 Å². The molecule has 0 unspecified atom stereocenters. The normalized spacial score (nSPS) is 10.1. The minimum Gasteiger partial charge on any atom is -0.354 e. The van der Waals surface area contributed by atoms with Crippen molar-refractivity contribution in [1.82, 2.24) is 15.2 Å². The second-order valence-corrected chi connectivity index (χ2v) is 3.70. The van der Waals surface area contributed by atoms with Gasteiger partial charge in [0.05, 0.1) is 12.2 Å². The van der Waals surface area contributed by atoms with Gasteiger partial charge in [0.15, 0.2) is 0 Å². The highest BCUT2D eigenvalue weighted by Crippen LogP contribution is 2.09. The second-order valence-electron chi connectivity index (χ2n) is 2.87. The standard InChI is InChI=1S/C9H10N4S/c1-7-3-2-4-8(12-7)5-10-9-13-11-6-14-9/h2-4,6H,5H2,1H3,(H,10,13). The molecule has 0 saturated carbocycles. The molecule has 0 radical (unpaired) electrons. The van der Waals surface area contributed by atoms with Gasteiger partial charge >= 0.3 is 0 Å². The lowest BCUT2D eigenvalue weighted by Gasteiger charge is -2.01. The van der Waals surface area contributed by atoms with E-state index in [0.717, 1.165) is 16.5 Å². The van der Waals surface area contributed by atoms with Crippen molar-refractivity contribution in [2.45, 2.75) is 13.5 Å². The summed E-state index contributed by atoms with van der Waals surface area (Å²) in [6.07, 6.45) is 0. The van der Waals surface area contributed by atoms with Crippen molar-refractivity contribution in [3.8, 4) is 0 Å². The molecule has 2 aromatic rings. The molecule has 2 heterocycles. The molecule has 2 rings (SSSR count). The van der Waals surface area contributed by atoms with E-state index in [1.807, 2.05) is 25.1 Å². The van der Waals surface area contributed by atoms with Gasteiger partial charge in [-0.15, -0.1) is 10.2 Å². The molecule has 0 bridgehead atoms. The smallest absolute Gasteiger partial charge is 0.205 e. The molecule has 2 aromatic heterocycles. The largest absolute Gasteiger partial charge is 0.354 e. The highest BCUT2D eigenvalue weighted by molar-refractivity contribution is 7.13. The number of aromatic nitrogens is 3. The number of nitrogens with one attached hydrogen (secondary N) is 1. The maximum absolute atomic E-state index is 4.37. The zero-order chi connectivity index (χ0) is 9.80. The molecule has 4 nitrogen and oxygen atoms in total. The molecule has 0 amide bonds.